The molecule has 94 valence electrons. The molecule has 1 heterocycles. The Bertz CT molecular complexity index is 566. The second kappa shape index (κ2) is 5.86. The van der Waals surface area contributed by atoms with E-state index >= 15 is 0 Å². The molecule has 0 atom stereocenters. The maximum atomic E-state index is 11.4. The van der Waals surface area contributed by atoms with Crippen LogP contribution in [0.2, 0.25) is 0 Å². The van der Waals surface area contributed by atoms with Gasteiger partial charge in [-0.25, -0.2) is 4.68 Å². The summed E-state index contributed by atoms with van der Waals surface area (Å²) in [6.07, 6.45) is 2.31. The SMILES string of the molecule is Nc1cccc(OCCCn2ncccc2=O)c1. The highest BCUT2D eigenvalue weighted by atomic mass is 16.5. The van der Waals surface area contributed by atoms with Crippen molar-refractivity contribution in [2.45, 2.75) is 13.0 Å². The Balaban J connectivity index is 1.80. The third-order valence-electron chi connectivity index (χ3n) is 2.43. The molecule has 0 saturated heterocycles. The Morgan fingerprint density at radius 1 is 1.28 bits per heavy atom. The summed E-state index contributed by atoms with van der Waals surface area (Å²) in [6, 6.07) is 10.4. The van der Waals surface area contributed by atoms with Gasteiger partial charge in [-0.15, -0.1) is 0 Å². The third-order valence-corrected chi connectivity index (χ3v) is 2.43. The van der Waals surface area contributed by atoms with Gasteiger partial charge in [-0.05, 0) is 18.2 Å². The summed E-state index contributed by atoms with van der Waals surface area (Å²) < 4.78 is 6.94. The molecule has 2 N–H and O–H groups in total. The van der Waals surface area contributed by atoms with E-state index in [9.17, 15) is 4.79 Å². The topological polar surface area (TPSA) is 70.1 Å². The monoisotopic (exact) mass is 245 g/mol. The fourth-order valence-corrected chi connectivity index (χ4v) is 1.56. The van der Waals surface area contributed by atoms with Crippen molar-refractivity contribution in [1.82, 2.24) is 9.78 Å². The normalized spacial score (nSPS) is 10.2. The van der Waals surface area contributed by atoms with Gasteiger partial charge in [-0.2, -0.15) is 5.10 Å². The molecule has 1 aromatic carbocycles. The van der Waals surface area contributed by atoms with Crippen LogP contribution >= 0.6 is 0 Å². The molecule has 18 heavy (non-hydrogen) atoms. The Hall–Kier alpha value is -2.30. The molecule has 0 aliphatic rings. The zero-order valence-corrected chi connectivity index (χ0v) is 9.95. The molecule has 0 saturated carbocycles. The lowest BCUT2D eigenvalue weighted by Gasteiger charge is -2.07. The minimum absolute atomic E-state index is 0.0959. The maximum absolute atomic E-state index is 11.4. The molecule has 0 fully saturated rings. The summed E-state index contributed by atoms with van der Waals surface area (Å²) in [6.45, 7) is 1.06. The summed E-state index contributed by atoms with van der Waals surface area (Å²) in [7, 11) is 0. The van der Waals surface area contributed by atoms with Crippen LogP contribution in [-0.2, 0) is 6.54 Å². The van der Waals surface area contributed by atoms with Gasteiger partial charge in [-0.3, -0.25) is 4.79 Å². The van der Waals surface area contributed by atoms with Gasteiger partial charge < -0.3 is 10.5 Å². The lowest BCUT2D eigenvalue weighted by Crippen LogP contribution is -2.22. The first-order valence-corrected chi connectivity index (χ1v) is 5.76. The molecule has 5 heteroatoms. The Kier molecular flexibility index (Phi) is 3.96. The molecule has 1 aromatic heterocycles. The number of aryl methyl sites for hydroxylation is 1. The zero-order valence-electron chi connectivity index (χ0n) is 9.95. The number of hydrogen-bond donors (Lipinski definition) is 1. The summed E-state index contributed by atoms with van der Waals surface area (Å²) in [4.78, 5) is 11.4. The van der Waals surface area contributed by atoms with E-state index in [1.54, 1.807) is 24.4 Å². The van der Waals surface area contributed by atoms with Crippen LogP contribution in [0.25, 0.3) is 0 Å². The number of hydrogen-bond acceptors (Lipinski definition) is 4. The molecule has 0 aliphatic heterocycles. The second-order valence-corrected chi connectivity index (χ2v) is 3.86. The van der Waals surface area contributed by atoms with Crippen molar-refractivity contribution >= 4 is 5.69 Å². The van der Waals surface area contributed by atoms with Crippen molar-refractivity contribution in [3.8, 4) is 5.75 Å². The van der Waals surface area contributed by atoms with E-state index in [0.717, 1.165) is 5.75 Å². The number of benzene rings is 1. The molecule has 2 rings (SSSR count). The molecule has 5 nitrogen and oxygen atoms in total. The van der Waals surface area contributed by atoms with E-state index < -0.39 is 0 Å². The standard InChI is InChI=1S/C13H15N3O2/c14-11-4-1-5-12(10-11)18-9-3-8-16-13(17)6-2-7-15-16/h1-2,4-7,10H,3,8-9,14H2. The van der Waals surface area contributed by atoms with Crippen LogP contribution in [0.15, 0.2) is 47.4 Å². The summed E-state index contributed by atoms with van der Waals surface area (Å²) >= 11 is 0. The Labute approximate surface area is 105 Å². The maximum Gasteiger partial charge on any atom is 0.266 e. The van der Waals surface area contributed by atoms with E-state index in [2.05, 4.69) is 5.10 Å². The van der Waals surface area contributed by atoms with Crippen molar-refractivity contribution in [2.75, 3.05) is 12.3 Å². The number of aromatic nitrogens is 2. The smallest absolute Gasteiger partial charge is 0.266 e. The number of nitrogens with two attached hydrogens (primary N) is 1. The van der Waals surface area contributed by atoms with Crippen LogP contribution in [0.1, 0.15) is 6.42 Å². The fraction of sp³-hybridized carbons (Fsp3) is 0.231. The summed E-state index contributed by atoms with van der Waals surface area (Å²) in [5.41, 5.74) is 6.22. The largest absolute Gasteiger partial charge is 0.493 e. The van der Waals surface area contributed by atoms with Crippen LogP contribution in [0.3, 0.4) is 0 Å². The zero-order chi connectivity index (χ0) is 12.8. The molecule has 0 unspecified atom stereocenters. The van der Waals surface area contributed by atoms with Gasteiger partial charge in [-0.1, -0.05) is 6.07 Å². The molecule has 0 spiro atoms. The minimum Gasteiger partial charge on any atom is -0.493 e. The number of nitrogens with zero attached hydrogens (tertiary/aromatic N) is 2. The van der Waals surface area contributed by atoms with Gasteiger partial charge in [0.15, 0.2) is 0 Å². The molecule has 0 bridgehead atoms. The van der Waals surface area contributed by atoms with E-state index in [4.69, 9.17) is 10.5 Å². The van der Waals surface area contributed by atoms with Crippen LogP contribution in [-0.4, -0.2) is 16.4 Å². The van der Waals surface area contributed by atoms with Crippen LogP contribution in [0.4, 0.5) is 5.69 Å². The first-order chi connectivity index (χ1) is 8.75. The average molecular weight is 245 g/mol. The van der Waals surface area contributed by atoms with Gasteiger partial charge >= 0.3 is 0 Å². The highest BCUT2D eigenvalue weighted by molar-refractivity contribution is 5.43. The molecular weight excluding hydrogens is 230 g/mol. The number of ether oxygens (including phenoxy) is 1. The van der Waals surface area contributed by atoms with Crippen molar-refractivity contribution in [2.24, 2.45) is 0 Å². The highest BCUT2D eigenvalue weighted by Gasteiger charge is 1.97. The van der Waals surface area contributed by atoms with Gasteiger partial charge in [0.2, 0.25) is 0 Å². The number of anilines is 1. The molecule has 0 radical (unpaired) electrons. The predicted octanol–water partition coefficient (Wildman–Crippen LogP) is 1.29. The number of nitrogen functional groups attached to an aromatic ring is 1. The van der Waals surface area contributed by atoms with Crippen LogP contribution in [0.5, 0.6) is 5.75 Å². The molecule has 0 aliphatic carbocycles. The Morgan fingerprint density at radius 2 is 2.17 bits per heavy atom. The Morgan fingerprint density at radius 3 is 2.94 bits per heavy atom. The second-order valence-electron chi connectivity index (χ2n) is 3.86. The first-order valence-electron chi connectivity index (χ1n) is 5.76. The molecule has 0 amide bonds. The lowest BCUT2D eigenvalue weighted by atomic mass is 10.3. The highest BCUT2D eigenvalue weighted by Crippen LogP contribution is 2.14. The van der Waals surface area contributed by atoms with E-state index in [0.29, 0.717) is 25.3 Å². The van der Waals surface area contributed by atoms with Crippen molar-refractivity contribution in [3.05, 3.63) is 52.9 Å². The van der Waals surface area contributed by atoms with E-state index in [1.807, 2.05) is 12.1 Å². The minimum atomic E-state index is -0.0959. The lowest BCUT2D eigenvalue weighted by molar-refractivity contribution is 0.297. The van der Waals surface area contributed by atoms with Crippen molar-refractivity contribution in [3.63, 3.8) is 0 Å². The van der Waals surface area contributed by atoms with Gasteiger partial charge in [0.25, 0.3) is 5.56 Å². The predicted molar refractivity (Wildman–Crippen MR) is 69.5 cm³/mol. The average Bonchev–Trinajstić information content (AvgIpc) is 2.37. The van der Waals surface area contributed by atoms with Crippen molar-refractivity contribution in [1.29, 1.82) is 0 Å². The van der Waals surface area contributed by atoms with E-state index in [1.165, 1.54) is 10.7 Å². The summed E-state index contributed by atoms with van der Waals surface area (Å²) in [5.74, 6) is 0.739. The molecular formula is C13H15N3O2. The third kappa shape index (κ3) is 3.35. The first kappa shape index (κ1) is 12.2. The van der Waals surface area contributed by atoms with Gasteiger partial charge in [0.05, 0.1) is 6.61 Å². The number of rotatable bonds is 5. The van der Waals surface area contributed by atoms with Crippen molar-refractivity contribution < 1.29 is 4.74 Å². The van der Waals surface area contributed by atoms with Gasteiger partial charge in [0.1, 0.15) is 5.75 Å². The van der Waals surface area contributed by atoms with Gasteiger partial charge in [0, 0.05) is 37.0 Å². The van der Waals surface area contributed by atoms with E-state index in [-0.39, 0.29) is 5.56 Å². The molecule has 2 aromatic rings. The van der Waals surface area contributed by atoms with Crippen LogP contribution < -0.4 is 16.0 Å². The quantitative estimate of drug-likeness (QED) is 0.636. The van der Waals surface area contributed by atoms with Crippen LogP contribution in [0, 0.1) is 0 Å². The summed E-state index contributed by atoms with van der Waals surface area (Å²) in [5, 5.41) is 3.97. The fourth-order valence-electron chi connectivity index (χ4n) is 1.56.